The Hall–Kier alpha value is -3.52. The van der Waals surface area contributed by atoms with Crippen LogP contribution < -0.4 is 11.1 Å². The van der Waals surface area contributed by atoms with Gasteiger partial charge in [0.05, 0.1) is 11.1 Å². The maximum atomic E-state index is 13.2. The average Bonchev–Trinajstić information content (AvgIpc) is 3.42. The minimum atomic E-state index is -2.10. The number of aromatic nitrogens is 3. The molecule has 36 heavy (non-hydrogen) atoms. The van der Waals surface area contributed by atoms with Crippen molar-refractivity contribution in [3.63, 3.8) is 0 Å². The predicted octanol–water partition coefficient (Wildman–Crippen LogP) is 3.83. The molecule has 186 valence electrons. The summed E-state index contributed by atoms with van der Waals surface area (Å²) in [5.41, 5.74) is 11.6. The molecular formula is C28H31N5O2S. The van der Waals surface area contributed by atoms with E-state index in [1.165, 1.54) is 17.5 Å². The van der Waals surface area contributed by atoms with Crippen molar-refractivity contribution >= 4 is 32.7 Å². The van der Waals surface area contributed by atoms with Crippen LogP contribution in [0.5, 0.6) is 0 Å². The van der Waals surface area contributed by atoms with Gasteiger partial charge < -0.3 is 16.0 Å². The molecule has 2 aliphatic rings. The lowest BCUT2D eigenvalue weighted by atomic mass is 9.60. The first-order valence-corrected chi connectivity index (χ1v) is 15.0. The molecule has 1 aliphatic heterocycles. The first-order chi connectivity index (χ1) is 17.3. The van der Waals surface area contributed by atoms with Crippen LogP contribution in [0.3, 0.4) is 0 Å². The molecule has 7 nitrogen and oxygen atoms in total. The number of hydrogen-bond acceptors (Lipinski definition) is 5. The summed E-state index contributed by atoms with van der Waals surface area (Å²) >= 11 is 0. The minimum absolute atomic E-state index is 0.0130. The van der Waals surface area contributed by atoms with E-state index in [1.54, 1.807) is 12.4 Å². The summed E-state index contributed by atoms with van der Waals surface area (Å²) in [5.74, 6) is 1.47. The first-order valence-electron chi connectivity index (χ1n) is 12.5. The zero-order chi connectivity index (χ0) is 24.9. The van der Waals surface area contributed by atoms with Crippen LogP contribution in [0, 0.1) is 0 Å². The number of hydrogen-bond donors (Lipinski definition) is 4. The number of nitrogen functional groups attached to an aromatic ring is 1. The average molecular weight is 502 g/mol. The zero-order valence-electron chi connectivity index (χ0n) is 20.3. The van der Waals surface area contributed by atoms with Crippen molar-refractivity contribution in [1.29, 1.82) is 0 Å². The molecule has 6 rings (SSSR count). The van der Waals surface area contributed by atoms with Gasteiger partial charge in [-0.3, -0.25) is 9.00 Å². The zero-order valence-corrected chi connectivity index (χ0v) is 21.2. The number of thiol groups is 1. The third-order valence-corrected chi connectivity index (χ3v) is 10.4. The Balaban J connectivity index is 1.31. The van der Waals surface area contributed by atoms with E-state index >= 15 is 0 Å². The summed E-state index contributed by atoms with van der Waals surface area (Å²) < 4.78 is 12.4. The van der Waals surface area contributed by atoms with Gasteiger partial charge in [-0.05, 0) is 48.3 Å². The van der Waals surface area contributed by atoms with Gasteiger partial charge in [-0.1, -0.05) is 42.8 Å². The number of anilines is 1. The lowest BCUT2D eigenvalue weighted by Crippen LogP contribution is -2.36. The van der Waals surface area contributed by atoms with Crippen LogP contribution in [0.1, 0.15) is 47.2 Å². The Morgan fingerprint density at radius 1 is 1.11 bits per heavy atom. The van der Waals surface area contributed by atoms with Crippen molar-refractivity contribution < 1.29 is 9.00 Å². The van der Waals surface area contributed by atoms with E-state index in [0.717, 1.165) is 41.3 Å². The molecule has 0 radical (unpaired) electrons. The second kappa shape index (κ2) is 8.55. The van der Waals surface area contributed by atoms with E-state index in [2.05, 4.69) is 56.8 Å². The van der Waals surface area contributed by atoms with E-state index in [-0.39, 0.29) is 23.3 Å². The van der Waals surface area contributed by atoms with Crippen molar-refractivity contribution in [3.05, 3.63) is 77.7 Å². The normalized spacial score (nSPS) is 21.1. The van der Waals surface area contributed by atoms with Gasteiger partial charge in [-0.15, -0.1) is 9.93 Å². The summed E-state index contributed by atoms with van der Waals surface area (Å²) in [6, 6.07) is 14.6. The molecule has 2 fully saturated rings. The van der Waals surface area contributed by atoms with Crippen LogP contribution in [0.4, 0.5) is 5.95 Å². The summed E-state index contributed by atoms with van der Waals surface area (Å²) in [6.45, 7) is 0. The number of nitrogens with two attached hydrogens (primary N) is 1. The molecule has 1 unspecified atom stereocenters. The van der Waals surface area contributed by atoms with Crippen LogP contribution in [0.2, 0.25) is 0 Å². The highest BCUT2D eigenvalue weighted by atomic mass is 32.2. The van der Waals surface area contributed by atoms with Gasteiger partial charge in [-0.25, -0.2) is 9.97 Å². The van der Waals surface area contributed by atoms with Gasteiger partial charge in [0, 0.05) is 52.5 Å². The summed E-state index contributed by atoms with van der Waals surface area (Å²) in [7, 11) is -2.10. The molecular weight excluding hydrogens is 470 g/mol. The van der Waals surface area contributed by atoms with Crippen LogP contribution in [-0.2, 0) is 15.3 Å². The number of aromatic amines is 1. The molecule has 0 spiro atoms. The number of carbonyl (C=O) groups excluding carboxylic acids is 1. The van der Waals surface area contributed by atoms with Gasteiger partial charge in [-0.2, -0.15) is 0 Å². The summed E-state index contributed by atoms with van der Waals surface area (Å²) in [4.78, 5) is 24.8. The number of carbonyl (C=O) groups is 1. The Morgan fingerprint density at radius 3 is 2.50 bits per heavy atom. The van der Waals surface area contributed by atoms with Gasteiger partial charge in [0.2, 0.25) is 5.95 Å². The standard InChI is InChI=1S/C28H31N5O2S/c1-36(35)13-10-21(17-36)33-26(34)23-5-2-4-22-24(16-30-25(22)23)28(11-3-12-28)20-8-6-18(7-9-20)19-14-31-27(29)32-15-19/h2,4-9,14-16,21,30,36H,3,10-13,17H2,1H3,(H,33,34)(H2,29,31,32). The molecule has 2 aromatic carbocycles. The predicted molar refractivity (Wildman–Crippen MR) is 146 cm³/mol. The highest BCUT2D eigenvalue weighted by molar-refractivity contribution is 8.02. The second-order valence-corrected chi connectivity index (χ2v) is 13.8. The van der Waals surface area contributed by atoms with Gasteiger partial charge >= 0.3 is 0 Å². The first kappa shape index (κ1) is 22.9. The fourth-order valence-corrected chi connectivity index (χ4v) is 8.16. The second-order valence-electron chi connectivity index (χ2n) is 10.4. The summed E-state index contributed by atoms with van der Waals surface area (Å²) in [6.07, 6.45) is 11.5. The third-order valence-electron chi connectivity index (χ3n) is 8.02. The van der Waals surface area contributed by atoms with Crippen molar-refractivity contribution in [2.24, 2.45) is 0 Å². The molecule has 1 saturated heterocycles. The topological polar surface area (TPSA) is 114 Å². The lowest BCUT2D eigenvalue weighted by molar-refractivity contribution is 0.0942. The number of amides is 1. The third kappa shape index (κ3) is 3.89. The minimum Gasteiger partial charge on any atom is -0.368 e. The fourth-order valence-electron chi connectivity index (χ4n) is 5.91. The van der Waals surface area contributed by atoms with Crippen molar-refractivity contribution in [2.45, 2.75) is 37.1 Å². The van der Waals surface area contributed by atoms with Crippen molar-refractivity contribution in [2.75, 3.05) is 23.5 Å². The maximum Gasteiger partial charge on any atom is 0.253 e. The maximum absolute atomic E-state index is 13.2. The molecule has 3 heterocycles. The van der Waals surface area contributed by atoms with E-state index < -0.39 is 9.93 Å². The molecule has 0 bridgehead atoms. The molecule has 4 aromatic rings. The van der Waals surface area contributed by atoms with Crippen molar-refractivity contribution in [3.8, 4) is 11.1 Å². The van der Waals surface area contributed by atoms with Gasteiger partial charge in [0.1, 0.15) is 0 Å². The van der Waals surface area contributed by atoms with Crippen molar-refractivity contribution in [1.82, 2.24) is 20.3 Å². The highest BCUT2D eigenvalue weighted by Gasteiger charge is 2.42. The SMILES string of the molecule is C[SH]1(=O)CCC(NC(=O)c2cccc3c(C4(c5ccc(-c6cnc(N)nc6)cc5)CCC4)c[nH]c23)C1. The number of fused-ring (bicyclic) bond motifs is 1. The molecule has 1 amide bonds. The van der Waals surface area contributed by atoms with Crippen LogP contribution in [-0.4, -0.2) is 48.9 Å². The van der Waals surface area contributed by atoms with E-state index in [1.807, 2.05) is 18.4 Å². The molecule has 2 aromatic heterocycles. The molecule has 1 saturated carbocycles. The van der Waals surface area contributed by atoms with E-state index in [4.69, 9.17) is 5.73 Å². The quantitative estimate of drug-likeness (QED) is 0.311. The number of rotatable bonds is 5. The molecule has 1 aliphatic carbocycles. The summed E-state index contributed by atoms with van der Waals surface area (Å²) in [5, 5.41) is 4.22. The van der Waals surface area contributed by atoms with Crippen LogP contribution in [0.15, 0.2) is 61.1 Å². The van der Waals surface area contributed by atoms with E-state index in [9.17, 15) is 9.00 Å². The number of benzene rings is 2. The fraction of sp³-hybridized carbons (Fsp3) is 0.321. The van der Waals surface area contributed by atoms with E-state index in [0.29, 0.717) is 17.1 Å². The number of H-pyrrole nitrogens is 1. The lowest BCUT2D eigenvalue weighted by Gasteiger charge is -2.43. The molecule has 1 atom stereocenters. The Bertz CT molecular complexity index is 1490. The monoisotopic (exact) mass is 501 g/mol. The Morgan fingerprint density at radius 2 is 1.86 bits per heavy atom. The van der Waals surface area contributed by atoms with Crippen LogP contribution in [0.25, 0.3) is 22.0 Å². The van der Waals surface area contributed by atoms with Crippen LogP contribution >= 0.6 is 0 Å². The van der Waals surface area contributed by atoms with Gasteiger partial charge in [0.25, 0.3) is 5.91 Å². The number of para-hydroxylation sites is 1. The molecule has 4 N–H and O–H groups in total. The number of nitrogens with one attached hydrogen (secondary N) is 2. The Kier molecular flexibility index (Phi) is 5.44. The smallest absolute Gasteiger partial charge is 0.253 e. The highest BCUT2D eigenvalue weighted by Crippen LogP contribution is 2.51. The molecule has 8 heteroatoms. The largest absolute Gasteiger partial charge is 0.368 e. The Labute approximate surface area is 211 Å². The number of nitrogens with zero attached hydrogens (tertiary/aromatic N) is 2. The van der Waals surface area contributed by atoms with Gasteiger partial charge in [0.15, 0.2) is 0 Å².